The van der Waals surface area contributed by atoms with Gasteiger partial charge in [-0.25, -0.2) is 4.79 Å². The molecule has 0 amide bonds. The van der Waals surface area contributed by atoms with E-state index in [1.54, 1.807) is 0 Å². The maximum absolute atomic E-state index is 11.5. The van der Waals surface area contributed by atoms with Crippen molar-refractivity contribution < 1.29 is 9.53 Å². The predicted molar refractivity (Wildman–Crippen MR) is 66.3 cm³/mol. The van der Waals surface area contributed by atoms with Crippen molar-refractivity contribution in [3.63, 3.8) is 0 Å². The minimum atomic E-state index is -0.300. The van der Waals surface area contributed by atoms with Gasteiger partial charge in [-0.05, 0) is 48.9 Å². The van der Waals surface area contributed by atoms with Crippen LogP contribution in [0.15, 0.2) is 18.2 Å². The van der Waals surface area contributed by atoms with E-state index in [2.05, 4.69) is 17.1 Å². The maximum atomic E-state index is 11.5. The predicted octanol–water partition coefficient (Wildman–Crippen LogP) is 2.83. The number of nitrogens with one attached hydrogen (secondary N) is 1. The summed E-state index contributed by atoms with van der Waals surface area (Å²) in [5.74, 6) is -0.300. The van der Waals surface area contributed by atoms with E-state index in [1.165, 1.54) is 36.5 Å². The third kappa shape index (κ3) is 1.62. The zero-order valence-electron chi connectivity index (χ0n) is 9.88. The molecule has 0 saturated heterocycles. The highest BCUT2D eigenvalue weighted by atomic mass is 16.5. The second kappa shape index (κ2) is 3.91. The Morgan fingerprint density at radius 2 is 2.12 bits per heavy atom. The van der Waals surface area contributed by atoms with E-state index >= 15 is 0 Å². The molecule has 3 heteroatoms. The summed E-state index contributed by atoms with van der Waals surface area (Å²) in [6.07, 6.45) is 4.78. The van der Waals surface area contributed by atoms with Crippen LogP contribution in [0.3, 0.4) is 0 Å². The van der Waals surface area contributed by atoms with Crippen molar-refractivity contribution in [2.45, 2.75) is 25.7 Å². The molecule has 0 aliphatic heterocycles. The molecule has 1 aromatic carbocycles. The molecule has 0 fully saturated rings. The lowest BCUT2D eigenvalue weighted by molar-refractivity contribution is 0.0595. The SMILES string of the molecule is COC(=O)c1cc2c3c(ccc2[nH]1)CCCC3. The lowest BCUT2D eigenvalue weighted by Crippen LogP contribution is -2.02. The molecule has 1 aliphatic carbocycles. The van der Waals surface area contributed by atoms with Crippen LogP contribution in [0, 0.1) is 0 Å². The lowest BCUT2D eigenvalue weighted by Gasteiger charge is -2.15. The van der Waals surface area contributed by atoms with E-state index in [4.69, 9.17) is 4.74 Å². The summed E-state index contributed by atoms with van der Waals surface area (Å²) in [7, 11) is 1.41. The largest absolute Gasteiger partial charge is 0.464 e. The second-order valence-corrected chi connectivity index (χ2v) is 4.55. The summed E-state index contributed by atoms with van der Waals surface area (Å²) < 4.78 is 4.74. The van der Waals surface area contributed by atoms with Crippen molar-refractivity contribution in [3.05, 3.63) is 35.0 Å². The number of fused-ring (bicyclic) bond motifs is 3. The molecule has 0 spiro atoms. The quantitative estimate of drug-likeness (QED) is 0.764. The van der Waals surface area contributed by atoms with Gasteiger partial charge in [-0.1, -0.05) is 6.07 Å². The van der Waals surface area contributed by atoms with Gasteiger partial charge in [0.15, 0.2) is 0 Å². The van der Waals surface area contributed by atoms with Crippen LogP contribution < -0.4 is 0 Å². The molecule has 0 radical (unpaired) electrons. The van der Waals surface area contributed by atoms with E-state index in [-0.39, 0.29) is 5.97 Å². The smallest absolute Gasteiger partial charge is 0.354 e. The van der Waals surface area contributed by atoms with Gasteiger partial charge in [-0.15, -0.1) is 0 Å². The van der Waals surface area contributed by atoms with Gasteiger partial charge in [0.2, 0.25) is 0 Å². The van der Waals surface area contributed by atoms with E-state index in [0.717, 1.165) is 18.4 Å². The number of methoxy groups -OCH3 is 1. The number of aromatic nitrogens is 1. The third-order valence-corrected chi connectivity index (χ3v) is 3.54. The summed E-state index contributed by atoms with van der Waals surface area (Å²) in [6, 6.07) is 6.16. The van der Waals surface area contributed by atoms with Crippen LogP contribution >= 0.6 is 0 Å². The highest BCUT2D eigenvalue weighted by Crippen LogP contribution is 2.29. The maximum Gasteiger partial charge on any atom is 0.354 e. The summed E-state index contributed by atoms with van der Waals surface area (Å²) in [6.45, 7) is 0. The van der Waals surface area contributed by atoms with E-state index in [9.17, 15) is 4.79 Å². The first-order valence-corrected chi connectivity index (χ1v) is 6.01. The minimum Gasteiger partial charge on any atom is -0.464 e. The highest BCUT2D eigenvalue weighted by Gasteiger charge is 2.16. The number of benzene rings is 1. The molecule has 17 heavy (non-hydrogen) atoms. The third-order valence-electron chi connectivity index (χ3n) is 3.54. The van der Waals surface area contributed by atoms with Crippen LogP contribution in [0.4, 0.5) is 0 Å². The van der Waals surface area contributed by atoms with Gasteiger partial charge in [0.05, 0.1) is 7.11 Å². The average molecular weight is 229 g/mol. The fraction of sp³-hybridized carbons (Fsp3) is 0.357. The lowest BCUT2D eigenvalue weighted by atomic mass is 9.89. The van der Waals surface area contributed by atoms with Crippen LogP contribution in [0.25, 0.3) is 10.9 Å². The normalized spacial score (nSPS) is 14.6. The molecule has 1 N–H and O–H groups in total. The first-order valence-electron chi connectivity index (χ1n) is 6.01. The second-order valence-electron chi connectivity index (χ2n) is 4.55. The van der Waals surface area contributed by atoms with Gasteiger partial charge in [-0.2, -0.15) is 0 Å². The van der Waals surface area contributed by atoms with Gasteiger partial charge >= 0.3 is 5.97 Å². The van der Waals surface area contributed by atoms with Crippen molar-refractivity contribution in [2.75, 3.05) is 7.11 Å². The molecule has 1 heterocycles. The molecule has 3 rings (SSSR count). The van der Waals surface area contributed by atoms with Crippen LogP contribution in [0.2, 0.25) is 0 Å². The van der Waals surface area contributed by atoms with Crippen molar-refractivity contribution in [3.8, 4) is 0 Å². The fourth-order valence-electron chi connectivity index (χ4n) is 2.68. The number of aromatic amines is 1. The number of ether oxygens (including phenoxy) is 1. The average Bonchev–Trinajstić information content (AvgIpc) is 2.82. The summed E-state index contributed by atoms with van der Waals surface area (Å²) in [5, 5.41) is 1.18. The first-order chi connectivity index (χ1) is 8.29. The topological polar surface area (TPSA) is 42.1 Å². The summed E-state index contributed by atoms with van der Waals surface area (Å²) >= 11 is 0. The van der Waals surface area contributed by atoms with E-state index < -0.39 is 0 Å². The number of rotatable bonds is 1. The van der Waals surface area contributed by atoms with Gasteiger partial charge in [0, 0.05) is 10.9 Å². The standard InChI is InChI=1S/C14H15NO2/c1-17-14(16)13-8-11-10-5-3-2-4-9(10)6-7-12(11)15-13/h6-8,15H,2-5H2,1H3. The molecular weight excluding hydrogens is 214 g/mol. The van der Waals surface area contributed by atoms with Crippen LogP contribution in [-0.2, 0) is 17.6 Å². The Balaban J connectivity index is 2.18. The Bertz CT molecular complexity index is 583. The molecule has 2 aromatic rings. The number of aryl methyl sites for hydroxylation is 2. The Morgan fingerprint density at radius 3 is 2.94 bits per heavy atom. The van der Waals surface area contributed by atoms with Gasteiger partial charge in [0.25, 0.3) is 0 Å². The van der Waals surface area contributed by atoms with Gasteiger partial charge in [-0.3, -0.25) is 0 Å². The molecule has 1 aliphatic rings. The van der Waals surface area contributed by atoms with Crippen molar-refractivity contribution in [1.82, 2.24) is 4.98 Å². The monoisotopic (exact) mass is 229 g/mol. The highest BCUT2D eigenvalue weighted by molar-refractivity contribution is 5.96. The Hall–Kier alpha value is -1.77. The van der Waals surface area contributed by atoms with Crippen LogP contribution in [0.5, 0.6) is 0 Å². The molecule has 88 valence electrons. The van der Waals surface area contributed by atoms with Gasteiger partial charge in [0.1, 0.15) is 5.69 Å². The molecule has 0 saturated carbocycles. The molecule has 1 aromatic heterocycles. The van der Waals surface area contributed by atoms with Gasteiger partial charge < -0.3 is 9.72 Å². The first kappa shape index (κ1) is 10.4. The Morgan fingerprint density at radius 1 is 1.29 bits per heavy atom. The Kier molecular flexibility index (Phi) is 2.39. The number of hydrogen-bond acceptors (Lipinski definition) is 2. The molecule has 3 nitrogen and oxygen atoms in total. The van der Waals surface area contributed by atoms with E-state index in [0.29, 0.717) is 5.69 Å². The van der Waals surface area contributed by atoms with Crippen molar-refractivity contribution >= 4 is 16.9 Å². The zero-order chi connectivity index (χ0) is 11.8. The van der Waals surface area contributed by atoms with Crippen LogP contribution in [-0.4, -0.2) is 18.1 Å². The van der Waals surface area contributed by atoms with Crippen molar-refractivity contribution in [1.29, 1.82) is 0 Å². The Labute approximate surface area is 99.8 Å². The fourth-order valence-corrected chi connectivity index (χ4v) is 2.68. The molecule has 0 unspecified atom stereocenters. The molecule has 0 bridgehead atoms. The molecule has 0 atom stereocenters. The van der Waals surface area contributed by atoms with E-state index in [1.807, 2.05) is 6.07 Å². The minimum absolute atomic E-state index is 0.300. The number of carbonyl (C=O) groups excluding carboxylic acids is 1. The van der Waals surface area contributed by atoms with Crippen LogP contribution in [0.1, 0.15) is 34.5 Å². The summed E-state index contributed by atoms with van der Waals surface area (Å²) in [5.41, 5.74) is 4.41. The number of carbonyl (C=O) groups is 1. The molecular formula is C14H15NO2. The van der Waals surface area contributed by atoms with Crippen molar-refractivity contribution in [2.24, 2.45) is 0 Å². The number of hydrogen-bond donors (Lipinski definition) is 1. The zero-order valence-corrected chi connectivity index (χ0v) is 9.88. The number of H-pyrrole nitrogens is 1. The number of esters is 1. The summed E-state index contributed by atoms with van der Waals surface area (Å²) in [4.78, 5) is 14.6.